The summed E-state index contributed by atoms with van der Waals surface area (Å²) in [5.74, 6) is 0.528. The third-order valence-electron chi connectivity index (χ3n) is 5.06. The maximum absolute atomic E-state index is 13.3. The lowest BCUT2D eigenvalue weighted by atomic mass is 10.1. The molecule has 0 aliphatic carbocycles. The van der Waals surface area contributed by atoms with Crippen LogP contribution in [-0.2, 0) is 4.79 Å². The summed E-state index contributed by atoms with van der Waals surface area (Å²) in [6.07, 6.45) is 0. The summed E-state index contributed by atoms with van der Waals surface area (Å²) >= 11 is 2.61. The van der Waals surface area contributed by atoms with Crippen LogP contribution < -0.4 is 15.6 Å². The molecule has 0 atom stereocenters. The number of carbonyl (C=O) groups is 1. The van der Waals surface area contributed by atoms with E-state index in [9.17, 15) is 9.59 Å². The maximum atomic E-state index is 13.3. The van der Waals surface area contributed by atoms with E-state index in [0.29, 0.717) is 33.4 Å². The highest BCUT2D eigenvalue weighted by Gasteiger charge is 2.18. The van der Waals surface area contributed by atoms with E-state index in [0.717, 1.165) is 16.8 Å². The first-order valence-electron chi connectivity index (χ1n) is 10.2. The number of thioether (sulfide) groups is 1. The quantitative estimate of drug-likeness (QED) is 0.300. The second-order valence-corrected chi connectivity index (χ2v) is 9.01. The fourth-order valence-corrected chi connectivity index (χ4v) is 4.91. The molecule has 0 bridgehead atoms. The van der Waals surface area contributed by atoms with Crippen molar-refractivity contribution in [3.05, 3.63) is 75.4 Å². The second-order valence-electron chi connectivity index (χ2n) is 7.15. The third kappa shape index (κ3) is 4.42. The molecule has 0 aliphatic rings. The largest absolute Gasteiger partial charge is 0.492 e. The Bertz CT molecular complexity index is 1340. The summed E-state index contributed by atoms with van der Waals surface area (Å²) in [4.78, 5) is 30.7. The zero-order chi connectivity index (χ0) is 22.7. The molecule has 0 unspecified atom stereocenters. The molecule has 0 radical (unpaired) electrons. The van der Waals surface area contributed by atoms with E-state index in [1.54, 1.807) is 10.6 Å². The van der Waals surface area contributed by atoms with Crippen molar-refractivity contribution in [2.75, 3.05) is 17.7 Å². The number of nitrogens with zero attached hydrogens (tertiary/aromatic N) is 2. The van der Waals surface area contributed by atoms with Crippen LogP contribution in [0.1, 0.15) is 18.1 Å². The van der Waals surface area contributed by atoms with Gasteiger partial charge in [0.15, 0.2) is 5.16 Å². The van der Waals surface area contributed by atoms with E-state index in [1.807, 2.05) is 68.6 Å². The van der Waals surface area contributed by atoms with E-state index in [2.05, 4.69) is 5.32 Å². The number of benzene rings is 2. The lowest BCUT2D eigenvalue weighted by Crippen LogP contribution is -2.23. The summed E-state index contributed by atoms with van der Waals surface area (Å²) in [6, 6.07) is 15.0. The first-order chi connectivity index (χ1) is 15.5. The van der Waals surface area contributed by atoms with Crippen LogP contribution in [0.25, 0.3) is 15.9 Å². The number of hydrogen-bond acceptors (Lipinski definition) is 6. The summed E-state index contributed by atoms with van der Waals surface area (Å²) in [6.45, 7) is 6.40. The molecule has 164 valence electrons. The summed E-state index contributed by atoms with van der Waals surface area (Å²) in [7, 11) is 0. The fraction of sp³-hybridized carbons (Fsp3) is 0.208. The van der Waals surface area contributed by atoms with Gasteiger partial charge in [-0.2, -0.15) is 0 Å². The molecule has 0 aliphatic heterocycles. The van der Waals surface area contributed by atoms with Gasteiger partial charge in [-0.3, -0.25) is 14.2 Å². The Balaban J connectivity index is 1.65. The van der Waals surface area contributed by atoms with Crippen LogP contribution in [0, 0.1) is 13.8 Å². The van der Waals surface area contributed by atoms with E-state index >= 15 is 0 Å². The van der Waals surface area contributed by atoms with Crippen molar-refractivity contribution in [3.8, 4) is 11.4 Å². The van der Waals surface area contributed by atoms with Crippen LogP contribution in [0.5, 0.6) is 5.75 Å². The molecule has 2 aromatic heterocycles. The number of aromatic nitrogens is 2. The number of thiophene rings is 1. The molecule has 8 heteroatoms. The first kappa shape index (κ1) is 22.1. The fourth-order valence-electron chi connectivity index (χ4n) is 3.35. The Kier molecular flexibility index (Phi) is 6.62. The highest BCUT2D eigenvalue weighted by Crippen LogP contribution is 2.27. The molecule has 1 amide bonds. The summed E-state index contributed by atoms with van der Waals surface area (Å²) < 4.78 is 7.80. The molecule has 2 heterocycles. The van der Waals surface area contributed by atoms with Crippen molar-refractivity contribution in [1.82, 2.24) is 9.55 Å². The zero-order valence-corrected chi connectivity index (χ0v) is 19.7. The maximum Gasteiger partial charge on any atom is 0.276 e. The molecule has 4 aromatic rings. The van der Waals surface area contributed by atoms with Crippen molar-refractivity contribution in [2.24, 2.45) is 0 Å². The highest BCUT2D eigenvalue weighted by atomic mass is 32.2. The van der Waals surface area contributed by atoms with E-state index in [4.69, 9.17) is 9.72 Å². The summed E-state index contributed by atoms with van der Waals surface area (Å²) in [5.41, 5.74) is 4.01. The SMILES string of the molecule is CCOc1ccccc1NC(=O)CSc1nc2ccsc2c(=O)n1-c1cccc(C)c1C. The molecular weight excluding hydrogens is 442 g/mol. The van der Waals surface area contributed by atoms with Crippen molar-refractivity contribution < 1.29 is 9.53 Å². The zero-order valence-electron chi connectivity index (χ0n) is 18.0. The van der Waals surface area contributed by atoms with E-state index in [-0.39, 0.29) is 17.2 Å². The number of nitrogens with one attached hydrogen (secondary N) is 1. The third-order valence-corrected chi connectivity index (χ3v) is 6.89. The minimum Gasteiger partial charge on any atom is -0.492 e. The lowest BCUT2D eigenvalue weighted by molar-refractivity contribution is -0.113. The number of rotatable bonds is 7. The molecule has 0 spiro atoms. The average Bonchev–Trinajstić information content (AvgIpc) is 3.25. The van der Waals surface area contributed by atoms with Gasteiger partial charge in [0.25, 0.3) is 5.56 Å². The van der Waals surface area contributed by atoms with Gasteiger partial charge in [-0.1, -0.05) is 36.0 Å². The average molecular weight is 466 g/mol. The number of carbonyl (C=O) groups excluding carboxylic acids is 1. The van der Waals surface area contributed by atoms with Crippen LogP contribution >= 0.6 is 23.1 Å². The topological polar surface area (TPSA) is 73.2 Å². The number of para-hydroxylation sites is 2. The van der Waals surface area contributed by atoms with Gasteiger partial charge >= 0.3 is 0 Å². The van der Waals surface area contributed by atoms with Crippen molar-refractivity contribution in [1.29, 1.82) is 0 Å². The number of ether oxygens (including phenoxy) is 1. The Morgan fingerprint density at radius 2 is 1.97 bits per heavy atom. The van der Waals surface area contributed by atoms with E-state index < -0.39 is 0 Å². The molecule has 32 heavy (non-hydrogen) atoms. The Morgan fingerprint density at radius 3 is 2.78 bits per heavy atom. The molecule has 0 saturated carbocycles. The van der Waals surface area contributed by atoms with Crippen LogP contribution in [0.15, 0.2) is 63.9 Å². The van der Waals surface area contributed by atoms with Gasteiger partial charge in [-0.05, 0) is 61.5 Å². The predicted molar refractivity (Wildman–Crippen MR) is 132 cm³/mol. The molecule has 0 saturated heterocycles. The Hall–Kier alpha value is -3.10. The van der Waals surface area contributed by atoms with Gasteiger partial charge in [0.2, 0.25) is 5.91 Å². The second kappa shape index (κ2) is 9.58. The number of anilines is 1. The smallest absolute Gasteiger partial charge is 0.276 e. The monoisotopic (exact) mass is 465 g/mol. The van der Waals surface area contributed by atoms with Crippen LogP contribution in [0.2, 0.25) is 0 Å². The molecule has 4 rings (SSSR count). The summed E-state index contributed by atoms with van der Waals surface area (Å²) in [5, 5.41) is 5.24. The Labute approximate surface area is 194 Å². The van der Waals surface area contributed by atoms with Gasteiger partial charge in [0.1, 0.15) is 10.4 Å². The van der Waals surface area contributed by atoms with Crippen molar-refractivity contribution in [3.63, 3.8) is 0 Å². The standard InChI is InChI=1S/C24H23N3O3S2/c1-4-30-20-11-6-5-9-17(20)25-21(28)14-32-24-26-18-12-13-31-22(18)23(29)27(24)19-10-7-8-15(2)16(19)3/h5-13H,4,14H2,1-3H3,(H,25,28). The van der Waals surface area contributed by atoms with Gasteiger partial charge in [-0.25, -0.2) is 4.98 Å². The van der Waals surface area contributed by atoms with Crippen molar-refractivity contribution in [2.45, 2.75) is 25.9 Å². The minimum absolute atomic E-state index is 0.105. The molecule has 0 fully saturated rings. The van der Waals surface area contributed by atoms with Crippen LogP contribution in [-0.4, -0.2) is 27.8 Å². The molecule has 1 N–H and O–H groups in total. The molecule has 2 aromatic carbocycles. The molecular formula is C24H23N3O3S2. The molecule has 6 nitrogen and oxygen atoms in total. The number of fused-ring (bicyclic) bond motifs is 1. The normalized spacial score (nSPS) is 11.0. The van der Waals surface area contributed by atoms with Gasteiger partial charge in [-0.15, -0.1) is 11.3 Å². The first-order valence-corrected chi connectivity index (χ1v) is 12.1. The van der Waals surface area contributed by atoms with E-state index in [1.165, 1.54) is 23.1 Å². The number of hydrogen-bond donors (Lipinski definition) is 1. The van der Waals surface area contributed by atoms with Crippen LogP contribution in [0.3, 0.4) is 0 Å². The van der Waals surface area contributed by atoms with Gasteiger partial charge in [0, 0.05) is 0 Å². The van der Waals surface area contributed by atoms with Crippen LogP contribution in [0.4, 0.5) is 5.69 Å². The van der Waals surface area contributed by atoms with Gasteiger partial charge in [0.05, 0.1) is 29.3 Å². The lowest BCUT2D eigenvalue weighted by Gasteiger charge is -2.15. The van der Waals surface area contributed by atoms with Crippen molar-refractivity contribution >= 4 is 44.9 Å². The Morgan fingerprint density at radius 1 is 1.16 bits per heavy atom. The highest BCUT2D eigenvalue weighted by molar-refractivity contribution is 7.99. The minimum atomic E-state index is -0.200. The number of aryl methyl sites for hydroxylation is 1. The number of amides is 1. The van der Waals surface area contributed by atoms with Gasteiger partial charge < -0.3 is 10.1 Å². The predicted octanol–water partition coefficient (Wildman–Crippen LogP) is 5.19.